The van der Waals surface area contributed by atoms with E-state index in [4.69, 9.17) is 0 Å². The number of aromatic amines is 1. The van der Waals surface area contributed by atoms with Gasteiger partial charge in [0.15, 0.2) is 0 Å². The number of carbonyl (C=O) groups is 2. The zero-order chi connectivity index (χ0) is 18.0. The van der Waals surface area contributed by atoms with Crippen molar-refractivity contribution in [1.29, 1.82) is 0 Å². The largest absolute Gasteiger partial charge is 0.347 e. The summed E-state index contributed by atoms with van der Waals surface area (Å²) in [5.41, 5.74) is 1.13. The number of nitrogens with zero attached hydrogens (tertiary/aromatic N) is 7. The average Bonchev–Trinajstić information content (AvgIpc) is 3.15. The van der Waals surface area contributed by atoms with Crippen LogP contribution in [0.2, 0.25) is 0 Å². The number of nitrogens with one attached hydrogen (secondary N) is 1. The van der Waals surface area contributed by atoms with Crippen LogP contribution in [-0.2, 0) is 0 Å². The number of rotatable bonds is 3. The van der Waals surface area contributed by atoms with Gasteiger partial charge < -0.3 is 14.7 Å². The fourth-order valence-corrected chi connectivity index (χ4v) is 2.62. The molecule has 1 N–H and O–H groups in total. The van der Waals surface area contributed by atoms with Gasteiger partial charge in [0.25, 0.3) is 11.8 Å². The third kappa shape index (κ3) is 3.42. The first-order chi connectivity index (χ1) is 12.0. The van der Waals surface area contributed by atoms with Crippen LogP contribution in [0.5, 0.6) is 0 Å². The molecule has 0 atom stereocenters. The van der Waals surface area contributed by atoms with Crippen LogP contribution in [0.1, 0.15) is 26.7 Å². The van der Waals surface area contributed by atoms with E-state index in [1.807, 2.05) is 14.1 Å². The van der Waals surface area contributed by atoms with Crippen LogP contribution >= 0.6 is 0 Å². The van der Waals surface area contributed by atoms with Crippen molar-refractivity contribution in [3.63, 3.8) is 0 Å². The molecule has 2 amide bonds. The molecule has 0 aromatic carbocycles. The van der Waals surface area contributed by atoms with Gasteiger partial charge in [-0.05, 0) is 6.92 Å². The maximum absolute atomic E-state index is 12.7. The van der Waals surface area contributed by atoms with Crippen molar-refractivity contribution in [3.8, 4) is 0 Å². The Morgan fingerprint density at radius 1 is 1.08 bits per heavy atom. The molecule has 2 aromatic heterocycles. The van der Waals surface area contributed by atoms with Crippen molar-refractivity contribution in [1.82, 2.24) is 34.9 Å². The number of hydrogen-bond acceptors (Lipinski definition) is 7. The maximum Gasteiger partial charge on any atom is 0.291 e. The molecule has 25 heavy (non-hydrogen) atoms. The highest BCUT2D eigenvalue weighted by molar-refractivity contribution is 5.95. The van der Waals surface area contributed by atoms with E-state index < -0.39 is 0 Å². The molecule has 10 nitrogen and oxygen atoms in total. The minimum Gasteiger partial charge on any atom is -0.347 e. The Morgan fingerprint density at radius 3 is 2.24 bits per heavy atom. The Kier molecular flexibility index (Phi) is 4.59. The van der Waals surface area contributed by atoms with Crippen LogP contribution < -0.4 is 4.90 Å². The Labute approximate surface area is 144 Å². The highest BCUT2D eigenvalue weighted by Crippen LogP contribution is 2.14. The second-order valence-electron chi connectivity index (χ2n) is 5.98. The summed E-state index contributed by atoms with van der Waals surface area (Å²) in [6, 6.07) is 0. The summed E-state index contributed by atoms with van der Waals surface area (Å²) in [5.74, 6) is 0.453. The van der Waals surface area contributed by atoms with Gasteiger partial charge in [-0.25, -0.2) is 15.0 Å². The number of H-pyrrole nitrogens is 1. The standard InChI is InChI=1S/C15H20N8O2/c1-10-11(8-16-15(19-10)21(2)3)13(24)22-4-6-23(7-5-22)14(25)12-17-9-18-20-12/h8-9H,4-7H2,1-3H3,(H,17,18,20). The first-order valence-corrected chi connectivity index (χ1v) is 7.92. The number of aromatic nitrogens is 5. The van der Waals surface area contributed by atoms with Crippen molar-refractivity contribution in [2.75, 3.05) is 45.2 Å². The lowest BCUT2D eigenvalue weighted by atomic mass is 10.2. The molecule has 2 aromatic rings. The van der Waals surface area contributed by atoms with Crippen molar-refractivity contribution in [3.05, 3.63) is 29.6 Å². The lowest BCUT2D eigenvalue weighted by molar-refractivity contribution is 0.0528. The van der Waals surface area contributed by atoms with Gasteiger partial charge in [0.05, 0.1) is 11.3 Å². The predicted octanol–water partition coefficient (Wildman–Crippen LogP) is -0.433. The van der Waals surface area contributed by atoms with E-state index in [1.165, 1.54) is 6.33 Å². The lowest BCUT2D eigenvalue weighted by Gasteiger charge is -2.34. The topological polar surface area (TPSA) is 111 Å². The van der Waals surface area contributed by atoms with Crippen LogP contribution in [-0.4, -0.2) is 87.0 Å². The second kappa shape index (κ2) is 6.83. The maximum atomic E-state index is 12.7. The number of aryl methyl sites for hydroxylation is 1. The first-order valence-electron chi connectivity index (χ1n) is 7.92. The molecule has 1 saturated heterocycles. The predicted molar refractivity (Wildman–Crippen MR) is 89.3 cm³/mol. The van der Waals surface area contributed by atoms with E-state index in [0.29, 0.717) is 43.4 Å². The van der Waals surface area contributed by atoms with E-state index in [-0.39, 0.29) is 17.6 Å². The monoisotopic (exact) mass is 344 g/mol. The molecule has 0 aliphatic carbocycles. The minimum atomic E-state index is -0.209. The van der Waals surface area contributed by atoms with Crippen LogP contribution in [0.3, 0.4) is 0 Å². The summed E-state index contributed by atoms with van der Waals surface area (Å²) >= 11 is 0. The van der Waals surface area contributed by atoms with E-state index in [9.17, 15) is 9.59 Å². The van der Waals surface area contributed by atoms with Crippen molar-refractivity contribution >= 4 is 17.8 Å². The molecule has 0 saturated carbocycles. The van der Waals surface area contributed by atoms with Crippen LogP contribution in [0, 0.1) is 6.92 Å². The molecule has 0 spiro atoms. The Balaban J connectivity index is 1.65. The molecular formula is C15H20N8O2. The molecule has 1 fully saturated rings. The summed E-state index contributed by atoms with van der Waals surface area (Å²) in [5, 5.41) is 6.25. The SMILES string of the molecule is Cc1nc(N(C)C)ncc1C(=O)N1CCN(C(=O)c2ncn[nH]2)CC1. The number of anilines is 1. The highest BCUT2D eigenvalue weighted by Gasteiger charge is 2.27. The highest BCUT2D eigenvalue weighted by atomic mass is 16.2. The number of piperazine rings is 1. The van der Waals surface area contributed by atoms with Gasteiger partial charge in [-0.3, -0.25) is 14.7 Å². The van der Waals surface area contributed by atoms with Gasteiger partial charge in [0.1, 0.15) is 6.33 Å². The Hall–Kier alpha value is -3.04. The summed E-state index contributed by atoms with van der Waals surface area (Å²) in [4.78, 5) is 42.5. The average molecular weight is 344 g/mol. The lowest BCUT2D eigenvalue weighted by Crippen LogP contribution is -2.51. The molecule has 132 valence electrons. The Morgan fingerprint density at radius 2 is 1.72 bits per heavy atom. The van der Waals surface area contributed by atoms with E-state index in [1.54, 1.807) is 27.8 Å². The van der Waals surface area contributed by atoms with E-state index >= 15 is 0 Å². The van der Waals surface area contributed by atoms with Gasteiger partial charge in [-0.1, -0.05) is 0 Å². The fraction of sp³-hybridized carbons (Fsp3) is 0.467. The van der Waals surface area contributed by atoms with E-state index in [0.717, 1.165) is 0 Å². The number of amides is 2. The van der Waals surface area contributed by atoms with Gasteiger partial charge in [0, 0.05) is 46.5 Å². The molecule has 10 heteroatoms. The number of carbonyl (C=O) groups excluding carboxylic acids is 2. The molecule has 3 rings (SSSR count). The third-order valence-electron chi connectivity index (χ3n) is 4.07. The zero-order valence-electron chi connectivity index (χ0n) is 14.4. The van der Waals surface area contributed by atoms with Crippen molar-refractivity contribution < 1.29 is 9.59 Å². The molecule has 0 radical (unpaired) electrons. The van der Waals surface area contributed by atoms with Crippen LogP contribution in [0.15, 0.2) is 12.5 Å². The second-order valence-corrected chi connectivity index (χ2v) is 5.98. The van der Waals surface area contributed by atoms with Gasteiger partial charge in [-0.2, -0.15) is 5.10 Å². The molecule has 1 aliphatic heterocycles. The van der Waals surface area contributed by atoms with Gasteiger partial charge >= 0.3 is 0 Å². The van der Waals surface area contributed by atoms with Gasteiger partial charge in [-0.15, -0.1) is 0 Å². The van der Waals surface area contributed by atoms with Crippen molar-refractivity contribution in [2.24, 2.45) is 0 Å². The van der Waals surface area contributed by atoms with Crippen molar-refractivity contribution in [2.45, 2.75) is 6.92 Å². The quantitative estimate of drug-likeness (QED) is 0.804. The molecule has 0 bridgehead atoms. The van der Waals surface area contributed by atoms with Crippen LogP contribution in [0.25, 0.3) is 0 Å². The zero-order valence-corrected chi connectivity index (χ0v) is 14.4. The molecular weight excluding hydrogens is 324 g/mol. The Bertz CT molecular complexity index is 766. The fourth-order valence-electron chi connectivity index (χ4n) is 2.62. The number of hydrogen-bond donors (Lipinski definition) is 1. The van der Waals surface area contributed by atoms with Gasteiger partial charge in [0.2, 0.25) is 11.8 Å². The summed E-state index contributed by atoms with van der Waals surface area (Å²) in [6.07, 6.45) is 2.86. The summed E-state index contributed by atoms with van der Waals surface area (Å²) in [7, 11) is 3.70. The van der Waals surface area contributed by atoms with Crippen LogP contribution in [0.4, 0.5) is 5.95 Å². The molecule has 1 aliphatic rings. The third-order valence-corrected chi connectivity index (χ3v) is 4.07. The minimum absolute atomic E-state index is 0.116. The first kappa shape index (κ1) is 16.8. The molecule has 0 unspecified atom stereocenters. The summed E-state index contributed by atoms with van der Waals surface area (Å²) in [6.45, 7) is 3.59. The van der Waals surface area contributed by atoms with E-state index in [2.05, 4.69) is 25.1 Å². The summed E-state index contributed by atoms with van der Waals surface area (Å²) < 4.78 is 0. The molecule has 3 heterocycles. The smallest absolute Gasteiger partial charge is 0.291 e. The normalized spacial score (nSPS) is 14.5.